The number of fused-ring (bicyclic) bond motifs is 2. The van der Waals surface area contributed by atoms with E-state index in [1.54, 1.807) is 18.5 Å². The van der Waals surface area contributed by atoms with E-state index in [-0.39, 0.29) is 12.3 Å². The van der Waals surface area contributed by atoms with Crippen LogP contribution in [0.5, 0.6) is 0 Å². The molecule has 0 aliphatic rings. The molecule has 162 valence electrons. The van der Waals surface area contributed by atoms with Gasteiger partial charge in [0.15, 0.2) is 0 Å². The van der Waals surface area contributed by atoms with Crippen molar-refractivity contribution in [2.45, 2.75) is 13.3 Å². The van der Waals surface area contributed by atoms with E-state index in [9.17, 15) is 9.59 Å². The molecule has 0 aliphatic heterocycles. The lowest BCUT2D eigenvalue weighted by atomic mass is 10.1. The van der Waals surface area contributed by atoms with Crippen LogP contribution in [-0.2, 0) is 11.2 Å². The summed E-state index contributed by atoms with van der Waals surface area (Å²) in [6, 6.07) is 20.4. The Balaban J connectivity index is 1.36. The van der Waals surface area contributed by atoms with Crippen LogP contribution in [0.25, 0.3) is 33.3 Å². The molecule has 33 heavy (non-hydrogen) atoms. The molecule has 5 aromatic rings. The van der Waals surface area contributed by atoms with Gasteiger partial charge in [-0.25, -0.2) is 4.98 Å². The average Bonchev–Trinajstić information content (AvgIpc) is 3.23. The highest BCUT2D eigenvalue weighted by Gasteiger charge is 2.16. The molecule has 7 nitrogen and oxygen atoms in total. The molecule has 0 saturated heterocycles. The number of hydrogen-bond donors (Lipinski definition) is 2. The molecule has 0 bridgehead atoms. The number of aryl methyl sites for hydroxylation is 1. The second-order valence-corrected chi connectivity index (χ2v) is 7.73. The maximum atomic E-state index is 13.0. The van der Waals surface area contributed by atoms with Gasteiger partial charge in [0, 0.05) is 22.5 Å². The van der Waals surface area contributed by atoms with Gasteiger partial charge in [0.25, 0.3) is 5.91 Å². The van der Waals surface area contributed by atoms with Gasteiger partial charge in [-0.15, -0.1) is 0 Å². The van der Waals surface area contributed by atoms with Crippen molar-refractivity contribution in [2.75, 3.05) is 0 Å². The Morgan fingerprint density at radius 3 is 2.61 bits per heavy atom. The summed E-state index contributed by atoms with van der Waals surface area (Å²) in [7, 11) is 0. The summed E-state index contributed by atoms with van der Waals surface area (Å²) in [5.41, 5.74) is 9.87. The summed E-state index contributed by atoms with van der Waals surface area (Å²) in [5.74, 6) is -0.790. The number of carbonyl (C=O) groups excluding carboxylic acids is 2. The van der Waals surface area contributed by atoms with E-state index in [2.05, 4.69) is 20.8 Å². The van der Waals surface area contributed by atoms with E-state index in [1.165, 1.54) is 0 Å². The van der Waals surface area contributed by atoms with Crippen molar-refractivity contribution < 1.29 is 14.0 Å². The second-order valence-electron chi connectivity index (χ2n) is 7.73. The number of furan rings is 1. The Bertz CT molecular complexity index is 1490. The summed E-state index contributed by atoms with van der Waals surface area (Å²) in [5, 5.41) is 1.56. The van der Waals surface area contributed by atoms with Crippen LogP contribution in [0.3, 0.4) is 0 Å². The first-order chi connectivity index (χ1) is 16.1. The molecule has 7 heteroatoms. The zero-order valence-electron chi connectivity index (χ0n) is 17.8. The molecular formula is C26H20N4O3. The van der Waals surface area contributed by atoms with Crippen molar-refractivity contribution in [1.29, 1.82) is 0 Å². The SMILES string of the molecule is Cc1ccc2c(CC(=O)NNC(=O)c3cc(-c4ccccn4)nc4ccccc34)coc2c1. The van der Waals surface area contributed by atoms with Crippen molar-refractivity contribution in [3.05, 3.63) is 95.9 Å². The molecule has 5 rings (SSSR count). The molecule has 2 N–H and O–H groups in total. The van der Waals surface area contributed by atoms with E-state index in [1.807, 2.05) is 67.6 Å². The number of carbonyl (C=O) groups is 2. The number of nitrogens with one attached hydrogen (secondary N) is 2. The Morgan fingerprint density at radius 1 is 0.909 bits per heavy atom. The van der Waals surface area contributed by atoms with Gasteiger partial charge in [0.05, 0.1) is 35.2 Å². The van der Waals surface area contributed by atoms with Crippen LogP contribution in [0.15, 0.2) is 83.6 Å². The standard InChI is InChI=1S/C26H20N4O3/c1-16-9-10-18-17(15-33-24(18)12-16)13-25(31)29-30-26(32)20-14-23(22-8-4-5-11-27-22)28-21-7-3-2-6-19(20)21/h2-12,14-15H,13H2,1H3,(H,29,31)(H,30,32). The Kier molecular flexibility index (Phi) is 5.28. The highest BCUT2D eigenvalue weighted by molar-refractivity contribution is 6.07. The second kappa shape index (κ2) is 8.55. The van der Waals surface area contributed by atoms with E-state index < -0.39 is 5.91 Å². The molecular weight excluding hydrogens is 416 g/mol. The predicted octanol–water partition coefficient (Wildman–Crippen LogP) is 4.36. The highest BCUT2D eigenvalue weighted by Crippen LogP contribution is 2.24. The van der Waals surface area contributed by atoms with Crippen LogP contribution in [0, 0.1) is 6.92 Å². The maximum absolute atomic E-state index is 13.0. The van der Waals surface area contributed by atoms with Crippen molar-refractivity contribution in [3.63, 3.8) is 0 Å². The van der Waals surface area contributed by atoms with Gasteiger partial charge in [-0.2, -0.15) is 0 Å². The third kappa shape index (κ3) is 4.16. The van der Waals surface area contributed by atoms with Crippen LogP contribution in [0.2, 0.25) is 0 Å². The van der Waals surface area contributed by atoms with Gasteiger partial charge in [0.1, 0.15) is 5.58 Å². The number of amides is 2. The smallest absolute Gasteiger partial charge is 0.270 e. The van der Waals surface area contributed by atoms with E-state index >= 15 is 0 Å². The topological polar surface area (TPSA) is 97.1 Å². The minimum Gasteiger partial charge on any atom is -0.464 e. The number of hydrogen-bond acceptors (Lipinski definition) is 5. The third-order valence-corrected chi connectivity index (χ3v) is 5.37. The zero-order chi connectivity index (χ0) is 22.8. The maximum Gasteiger partial charge on any atom is 0.270 e. The normalized spacial score (nSPS) is 10.9. The Morgan fingerprint density at radius 2 is 1.76 bits per heavy atom. The summed E-state index contributed by atoms with van der Waals surface area (Å²) in [6.45, 7) is 1.98. The van der Waals surface area contributed by atoms with Gasteiger partial charge < -0.3 is 4.42 Å². The third-order valence-electron chi connectivity index (χ3n) is 5.37. The molecule has 0 radical (unpaired) electrons. The molecule has 2 aromatic carbocycles. The monoisotopic (exact) mass is 436 g/mol. The summed E-state index contributed by atoms with van der Waals surface area (Å²) in [6.07, 6.45) is 3.32. The fourth-order valence-electron chi connectivity index (χ4n) is 3.75. The largest absolute Gasteiger partial charge is 0.464 e. The number of aromatic nitrogens is 2. The van der Waals surface area contributed by atoms with Gasteiger partial charge in [-0.3, -0.25) is 25.4 Å². The number of rotatable bonds is 4. The van der Waals surface area contributed by atoms with Crippen molar-refractivity contribution in [2.24, 2.45) is 0 Å². The molecule has 2 amide bonds. The molecule has 0 saturated carbocycles. The van der Waals surface area contributed by atoms with Crippen LogP contribution in [-0.4, -0.2) is 21.8 Å². The molecule has 0 atom stereocenters. The lowest BCUT2D eigenvalue weighted by Gasteiger charge is -2.11. The molecule has 0 unspecified atom stereocenters. The minimum absolute atomic E-state index is 0.0760. The molecule has 3 aromatic heterocycles. The molecule has 0 aliphatic carbocycles. The average molecular weight is 436 g/mol. The Hall–Kier alpha value is -4.52. The van der Waals surface area contributed by atoms with E-state index in [4.69, 9.17) is 4.42 Å². The first kappa shape index (κ1) is 20.4. The number of pyridine rings is 2. The van der Waals surface area contributed by atoms with Gasteiger partial charge in [0.2, 0.25) is 5.91 Å². The zero-order valence-corrected chi connectivity index (χ0v) is 17.8. The first-order valence-electron chi connectivity index (χ1n) is 10.5. The lowest BCUT2D eigenvalue weighted by molar-refractivity contribution is -0.121. The van der Waals surface area contributed by atoms with Crippen LogP contribution in [0.4, 0.5) is 0 Å². The minimum atomic E-state index is -0.438. The quantitative estimate of drug-likeness (QED) is 0.408. The number of nitrogens with zero attached hydrogens (tertiary/aromatic N) is 2. The fourth-order valence-corrected chi connectivity index (χ4v) is 3.75. The molecule has 0 fully saturated rings. The number of hydrazine groups is 1. The van der Waals surface area contributed by atoms with Gasteiger partial charge in [-0.05, 0) is 42.8 Å². The number of benzene rings is 2. The molecule has 3 heterocycles. The van der Waals surface area contributed by atoms with Gasteiger partial charge >= 0.3 is 0 Å². The molecule has 0 spiro atoms. The number of para-hydroxylation sites is 1. The van der Waals surface area contributed by atoms with Crippen LogP contribution in [0.1, 0.15) is 21.5 Å². The highest BCUT2D eigenvalue weighted by atomic mass is 16.3. The van der Waals surface area contributed by atoms with Crippen LogP contribution >= 0.6 is 0 Å². The Labute approximate surface area is 189 Å². The summed E-state index contributed by atoms with van der Waals surface area (Å²) < 4.78 is 5.55. The fraction of sp³-hybridized carbons (Fsp3) is 0.0769. The first-order valence-corrected chi connectivity index (χ1v) is 10.5. The van der Waals surface area contributed by atoms with Crippen LogP contribution < -0.4 is 10.9 Å². The van der Waals surface area contributed by atoms with E-state index in [0.29, 0.717) is 27.9 Å². The summed E-state index contributed by atoms with van der Waals surface area (Å²) in [4.78, 5) is 34.5. The lowest BCUT2D eigenvalue weighted by Crippen LogP contribution is -2.42. The van der Waals surface area contributed by atoms with Crippen molar-refractivity contribution >= 4 is 33.7 Å². The van der Waals surface area contributed by atoms with Crippen molar-refractivity contribution in [1.82, 2.24) is 20.8 Å². The summed E-state index contributed by atoms with van der Waals surface area (Å²) >= 11 is 0. The van der Waals surface area contributed by atoms with Crippen molar-refractivity contribution in [3.8, 4) is 11.4 Å². The van der Waals surface area contributed by atoms with E-state index in [0.717, 1.165) is 22.1 Å². The van der Waals surface area contributed by atoms with Gasteiger partial charge in [-0.1, -0.05) is 36.4 Å². The predicted molar refractivity (Wildman–Crippen MR) is 125 cm³/mol.